The van der Waals surface area contributed by atoms with Crippen LogP contribution in [0.4, 0.5) is 0 Å². The molecule has 148 valence electrons. The second kappa shape index (κ2) is 8.35. The zero-order valence-corrected chi connectivity index (χ0v) is 16.9. The third-order valence-corrected chi connectivity index (χ3v) is 4.91. The molecule has 6 heteroatoms. The van der Waals surface area contributed by atoms with Crippen LogP contribution in [0.2, 0.25) is 0 Å². The van der Waals surface area contributed by atoms with Crippen molar-refractivity contribution < 1.29 is 18.7 Å². The molecular weight excluding hydrogens is 356 g/mol. The minimum Gasteiger partial charge on any atom is -0.497 e. The summed E-state index contributed by atoms with van der Waals surface area (Å²) in [6.45, 7) is 2.32. The highest BCUT2D eigenvalue weighted by Crippen LogP contribution is 2.29. The Morgan fingerprint density at radius 2 is 1.82 bits per heavy atom. The third-order valence-electron chi connectivity index (χ3n) is 4.91. The molecule has 28 heavy (non-hydrogen) atoms. The number of fused-ring (bicyclic) bond motifs is 1. The van der Waals surface area contributed by atoms with Crippen LogP contribution < -0.4 is 14.8 Å². The molecule has 0 unspecified atom stereocenters. The van der Waals surface area contributed by atoms with Crippen molar-refractivity contribution >= 4 is 16.9 Å². The number of carbonyl (C=O) groups is 1. The molecule has 1 amide bonds. The molecule has 0 radical (unpaired) electrons. The average Bonchev–Trinajstić information content (AvgIpc) is 3.04. The molecule has 1 aromatic heterocycles. The lowest BCUT2D eigenvalue weighted by molar-refractivity contribution is 0.0915. The Morgan fingerprint density at radius 1 is 1.11 bits per heavy atom. The molecule has 3 rings (SSSR count). The number of amides is 1. The molecule has 0 aliphatic carbocycles. The van der Waals surface area contributed by atoms with Crippen molar-refractivity contribution in [3.05, 3.63) is 59.4 Å². The predicted molar refractivity (Wildman–Crippen MR) is 109 cm³/mol. The van der Waals surface area contributed by atoms with E-state index in [1.54, 1.807) is 14.2 Å². The Morgan fingerprint density at radius 3 is 2.50 bits per heavy atom. The smallest absolute Gasteiger partial charge is 0.287 e. The Kier molecular flexibility index (Phi) is 5.90. The quantitative estimate of drug-likeness (QED) is 0.674. The summed E-state index contributed by atoms with van der Waals surface area (Å²) in [6.07, 6.45) is 0. The Hall–Kier alpha value is -2.99. The molecule has 6 nitrogen and oxygen atoms in total. The Labute approximate surface area is 165 Å². The summed E-state index contributed by atoms with van der Waals surface area (Å²) >= 11 is 0. The van der Waals surface area contributed by atoms with Gasteiger partial charge in [-0.25, -0.2) is 0 Å². The summed E-state index contributed by atoms with van der Waals surface area (Å²) in [5.74, 6) is 1.61. The van der Waals surface area contributed by atoms with E-state index in [0.29, 0.717) is 17.9 Å². The molecule has 1 atom stereocenters. The molecule has 1 heterocycles. The average molecular weight is 382 g/mol. The number of carbonyl (C=O) groups excluding carboxylic acids is 1. The highest BCUT2D eigenvalue weighted by molar-refractivity contribution is 5.99. The standard InChI is InChI=1S/C22H26N2O4/c1-14-18-12-17(27-5)9-10-20(18)28-21(14)22(25)23-13-19(24(2)3)15-7-6-8-16(11-15)26-4/h6-12,19H,13H2,1-5H3,(H,23,25)/t19-/m1/s1. The minimum absolute atomic E-state index is 0.00354. The number of benzene rings is 2. The summed E-state index contributed by atoms with van der Waals surface area (Å²) in [7, 11) is 7.22. The van der Waals surface area contributed by atoms with Crippen molar-refractivity contribution in [1.82, 2.24) is 10.2 Å². The van der Waals surface area contributed by atoms with Crippen LogP contribution >= 0.6 is 0 Å². The molecule has 0 aliphatic heterocycles. The van der Waals surface area contributed by atoms with Gasteiger partial charge in [0, 0.05) is 17.5 Å². The molecule has 1 N–H and O–H groups in total. The molecular formula is C22H26N2O4. The van der Waals surface area contributed by atoms with Gasteiger partial charge in [0.05, 0.1) is 20.3 Å². The van der Waals surface area contributed by atoms with Crippen molar-refractivity contribution in [3.8, 4) is 11.5 Å². The van der Waals surface area contributed by atoms with E-state index >= 15 is 0 Å². The zero-order chi connectivity index (χ0) is 20.3. The maximum absolute atomic E-state index is 12.8. The van der Waals surface area contributed by atoms with Gasteiger partial charge in [-0.2, -0.15) is 0 Å². The van der Waals surface area contributed by atoms with E-state index in [-0.39, 0.29) is 11.9 Å². The van der Waals surface area contributed by atoms with Gasteiger partial charge < -0.3 is 24.1 Å². The van der Waals surface area contributed by atoms with Gasteiger partial charge in [-0.15, -0.1) is 0 Å². The van der Waals surface area contributed by atoms with Crippen molar-refractivity contribution in [2.24, 2.45) is 0 Å². The van der Waals surface area contributed by atoms with Crippen LogP contribution in [0.1, 0.15) is 27.7 Å². The number of rotatable bonds is 7. The van der Waals surface area contributed by atoms with Crippen molar-refractivity contribution in [2.75, 3.05) is 34.9 Å². The van der Waals surface area contributed by atoms with Crippen LogP contribution in [0.5, 0.6) is 11.5 Å². The Bertz CT molecular complexity index is 978. The van der Waals surface area contributed by atoms with E-state index in [4.69, 9.17) is 13.9 Å². The summed E-state index contributed by atoms with van der Waals surface area (Å²) in [5, 5.41) is 3.88. The summed E-state index contributed by atoms with van der Waals surface area (Å²) in [5.41, 5.74) is 2.53. The van der Waals surface area contributed by atoms with Gasteiger partial charge in [-0.05, 0) is 56.9 Å². The number of hydrogen-bond donors (Lipinski definition) is 1. The first kappa shape index (κ1) is 19.8. The van der Waals surface area contributed by atoms with E-state index in [0.717, 1.165) is 28.0 Å². The SMILES string of the molecule is COc1cccc([C@@H](CNC(=O)c2oc3ccc(OC)cc3c2C)N(C)C)c1. The molecule has 2 aromatic carbocycles. The van der Waals surface area contributed by atoms with Crippen LogP contribution in [-0.2, 0) is 0 Å². The lowest BCUT2D eigenvalue weighted by Gasteiger charge is -2.25. The minimum atomic E-state index is -0.234. The molecule has 0 saturated heterocycles. The largest absolute Gasteiger partial charge is 0.497 e. The number of nitrogens with zero attached hydrogens (tertiary/aromatic N) is 1. The maximum atomic E-state index is 12.8. The lowest BCUT2D eigenvalue weighted by Crippen LogP contribution is -2.34. The molecule has 0 aliphatic rings. The molecule has 0 fully saturated rings. The topological polar surface area (TPSA) is 63.9 Å². The van der Waals surface area contributed by atoms with Crippen LogP contribution in [0.15, 0.2) is 46.9 Å². The number of nitrogens with one attached hydrogen (secondary N) is 1. The third kappa shape index (κ3) is 3.97. The lowest BCUT2D eigenvalue weighted by atomic mass is 10.1. The van der Waals surface area contributed by atoms with Gasteiger partial charge in [-0.3, -0.25) is 4.79 Å². The predicted octanol–water partition coefficient (Wildman–Crippen LogP) is 3.79. The Balaban J connectivity index is 1.79. The fourth-order valence-corrected chi connectivity index (χ4v) is 3.26. The number of methoxy groups -OCH3 is 2. The summed E-state index contributed by atoms with van der Waals surface area (Å²) in [4.78, 5) is 14.9. The molecule has 0 saturated carbocycles. The molecule has 0 bridgehead atoms. The monoisotopic (exact) mass is 382 g/mol. The second-order valence-electron chi connectivity index (χ2n) is 6.88. The zero-order valence-electron chi connectivity index (χ0n) is 16.9. The number of furan rings is 1. The highest BCUT2D eigenvalue weighted by atomic mass is 16.5. The number of ether oxygens (including phenoxy) is 2. The van der Waals surface area contributed by atoms with Gasteiger partial charge in [-0.1, -0.05) is 12.1 Å². The first-order chi connectivity index (χ1) is 13.4. The van der Waals surface area contributed by atoms with Crippen LogP contribution in [0.3, 0.4) is 0 Å². The first-order valence-electron chi connectivity index (χ1n) is 9.10. The van der Waals surface area contributed by atoms with Crippen molar-refractivity contribution in [1.29, 1.82) is 0 Å². The first-order valence-corrected chi connectivity index (χ1v) is 9.10. The van der Waals surface area contributed by atoms with Gasteiger partial charge in [0.2, 0.25) is 0 Å². The normalized spacial score (nSPS) is 12.2. The van der Waals surface area contributed by atoms with Crippen molar-refractivity contribution in [3.63, 3.8) is 0 Å². The fraction of sp³-hybridized carbons (Fsp3) is 0.318. The number of likely N-dealkylation sites (N-methyl/N-ethyl adjacent to an activating group) is 1. The highest BCUT2D eigenvalue weighted by Gasteiger charge is 2.21. The fourth-order valence-electron chi connectivity index (χ4n) is 3.26. The van der Waals surface area contributed by atoms with E-state index in [1.165, 1.54) is 0 Å². The van der Waals surface area contributed by atoms with Gasteiger partial charge in [0.15, 0.2) is 5.76 Å². The molecule has 3 aromatic rings. The molecule has 0 spiro atoms. The summed E-state index contributed by atoms with van der Waals surface area (Å²) in [6, 6.07) is 13.4. The van der Waals surface area contributed by atoms with Crippen LogP contribution in [-0.4, -0.2) is 45.7 Å². The van der Waals surface area contributed by atoms with E-state index in [9.17, 15) is 4.79 Å². The van der Waals surface area contributed by atoms with Crippen molar-refractivity contribution in [2.45, 2.75) is 13.0 Å². The van der Waals surface area contributed by atoms with E-state index in [2.05, 4.69) is 10.2 Å². The second-order valence-corrected chi connectivity index (χ2v) is 6.88. The van der Waals surface area contributed by atoms with Gasteiger partial charge in [0.1, 0.15) is 17.1 Å². The van der Waals surface area contributed by atoms with E-state index in [1.807, 2.05) is 63.5 Å². The van der Waals surface area contributed by atoms with Crippen LogP contribution in [0.25, 0.3) is 11.0 Å². The van der Waals surface area contributed by atoms with Crippen LogP contribution in [0, 0.1) is 6.92 Å². The number of aryl methyl sites for hydroxylation is 1. The summed E-state index contributed by atoms with van der Waals surface area (Å²) < 4.78 is 16.4. The van der Waals surface area contributed by atoms with E-state index < -0.39 is 0 Å². The van der Waals surface area contributed by atoms with Gasteiger partial charge >= 0.3 is 0 Å². The van der Waals surface area contributed by atoms with Gasteiger partial charge in [0.25, 0.3) is 5.91 Å². The number of hydrogen-bond acceptors (Lipinski definition) is 5. The maximum Gasteiger partial charge on any atom is 0.287 e.